The van der Waals surface area contributed by atoms with E-state index in [0.717, 1.165) is 42.1 Å². The molecule has 2 aromatic rings. The van der Waals surface area contributed by atoms with Crippen molar-refractivity contribution in [3.05, 3.63) is 52.5 Å². The summed E-state index contributed by atoms with van der Waals surface area (Å²) in [6.07, 6.45) is 4.54. The second-order valence-electron chi connectivity index (χ2n) is 7.76. The van der Waals surface area contributed by atoms with Gasteiger partial charge in [-0.3, -0.25) is 4.79 Å². The molecule has 1 aliphatic carbocycles. The quantitative estimate of drug-likeness (QED) is 0.533. The summed E-state index contributed by atoms with van der Waals surface area (Å²) in [6.45, 7) is 0.0480. The number of nitrogens with zero attached hydrogens (tertiary/aromatic N) is 1. The van der Waals surface area contributed by atoms with Gasteiger partial charge >= 0.3 is 0 Å². The molecule has 2 aromatic carbocycles. The normalized spacial score (nSPS) is 14.9. The highest BCUT2D eigenvalue weighted by Crippen LogP contribution is 2.29. The molecule has 0 aliphatic heterocycles. The summed E-state index contributed by atoms with van der Waals surface area (Å²) in [6, 6.07) is 11.7. The van der Waals surface area contributed by atoms with E-state index in [4.69, 9.17) is 9.47 Å². The number of rotatable bonds is 9. The van der Waals surface area contributed by atoms with Gasteiger partial charge in [-0.2, -0.15) is 4.31 Å². The average Bonchev–Trinajstić information content (AvgIpc) is 2.81. The minimum Gasteiger partial charge on any atom is -0.493 e. The third-order valence-electron chi connectivity index (χ3n) is 5.64. The fourth-order valence-electron chi connectivity index (χ4n) is 3.91. The monoisotopic (exact) mass is 524 g/mol. The van der Waals surface area contributed by atoms with Crippen molar-refractivity contribution in [1.29, 1.82) is 0 Å². The molecule has 0 radical (unpaired) electrons. The van der Waals surface area contributed by atoms with Crippen molar-refractivity contribution in [3.8, 4) is 11.5 Å². The largest absolute Gasteiger partial charge is 0.493 e. The van der Waals surface area contributed by atoms with Gasteiger partial charge in [-0.25, -0.2) is 8.42 Å². The zero-order chi connectivity index (χ0) is 23.1. The van der Waals surface area contributed by atoms with Crippen LogP contribution in [0.4, 0.5) is 0 Å². The van der Waals surface area contributed by atoms with E-state index in [1.807, 2.05) is 6.07 Å². The van der Waals surface area contributed by atoms with Gasteiger partial charge in [0.05, 0.1) is 25.7 Å². The summed E-state index contributed by atoms with van der Waals surface area (Å²) in [5, 5.41) is 2.84. The fourth-order valence-corrected chi connectivity index (χ4v) is 5.82. The molecular formula is C23H29BrN2O5S. The predicted molar refractivity (Wildman–Crippen MR) is 126 cm³/mol. The van der Waals surface area contributed by atoms with E-state index in [1.54, 1.807) is 50.6 Å². The lowest BCUT2D eigenvalue weighted by molar-refractivity contribution is -0.121. The Morgan fingerprint density at radius 2 is 1.69 bits per heavy atom. The number of halogens is 1. The van der Waals surface area contributed by atoms with Crippen molar-refractivity contribution < 1.29 is 22.7 Å². The van der Waals surface area contributed by atoms with E-state index in [9.17, 15) is 13.2 Å². The van der Waals surface area contributed by atoms with Crippen molar-refractivity contribution in [2.45, 2.75) is 49.6 Å². The van der Waals surface area contributed by atoms with Gasteiger partial charge in [0.25, 0.3) is 0 Å². The molecular weight excluding hydrogens is 496 g/mol. The summed E-state index contributed by atoms with van der Waals surface area (Å²) in [4.78, 5) is 13.0. The van der Waals surface area contributed by atoms with Crippen LogP contribution in [0.5, 0.6) is 11.5 Å². The highest BCUT2D eigenvalue weighted by atomic mass is 79.9. The highest BCUT2D eigenvalue weighted by molar-refractivity contribution is 9.10. The number of hydrogen-bond acceptors (Lipinski definition) is 5. The summed E-state index contributed by atoms with van der Waals surface area (Å²) >= 11 is 3.34. The third kappa shape index (κ3) is 6.02. The van der Waals surface area contributed by atoms with Gasteiger partial charge in [-0.05, 0) is 54.8 Å². The Kier molecular flexibility index (Phi) is 8.56. The van der Waals surface area contributed by atoms with Gasteiger partial charge in [0.15, 0.2) is 11.5 Å². The van der Waals surface area contributed by atoms with Crippen molar-refractivity contribution in [3.63, 3.8) is 0 Å². The van der Waals surface area contributed by atoms with Crippen LogP contribution in [0.15, 0.2) is 51.8 Å². The number of sulfonamides is 1. The summed E-state index contributed by atoms with van der Waals surface area (Å²) in [5.41, 5.74) is 0.830. The number of nitrogens with one attached hydrogen (secondary N) is 1. The van der Waals surface area contributed by atoms with Gasteiger partial charge in [-0.1, -0.05) is 41.3 Å². The first kappa shape index (κ1) is 24.5. The van der Waals surface area contributed by atoms with E-state index >= 15 is 0 Å². The van der Waals surface area contributed by atoms with Crippen LogP contribution in [-0.4, -0.2) is 45.4 Å². The lowest BCUT2D eigenvalue weighted by Gasteiger charge is -2.33. The number of carbonyl (C=O) groups is 1. The van der Waals surface area contributed by atoms with Crippen molar-refractivity contribution in [2.75, 3.05) is 20.8 Å². The second kappa shape index (κ2) is 11.2. The van der Waals surface area contributed by atoms with Crippen molar-refractivity contribution in [1.82, 2.24) is 9.62 Å². The smallest absolute Gasteiger partial charge is 0.243 e. The molecule has 32 heavy (non-hydrogen) atoms. The minimum absolute atomic E-state index is 0.177. The first-order chi connectivity index (χ1) is 15.3. The topological polar surface area (TPSA) is 84.9 Å². The van der Waals surface area contributed by atoms with Gasteiger partial charge in [0.2, 0.25) is 15.9 Å². The molecule has 1 aliphatic rings. The maximum Gasteiger partial charge on any atom is 0.243 e. The zero-order valence-electron chi connectivity index (χ0n) is 18.3. The maximum atomic E-state index is 13.4. The van der Waals surface area contributed by atoms with E-state index in [-0.39, 0.29) is 29.9 Å². The summed E-state index contributed by atoms with van der Waals surface area (Å²) in [7, 11) is -0.689. The number of benzene rings is 2. The minimum atomic E-state index is -3.80. The molecule has 0 atom stereocenters. The predicted octanol–water partition coefficient (Wildman–Crippen LogP) is 4.11. The molecule has 1 amide bonds. The molecule has 9 heteroatoms. The molecule has 1 fully saturated rings. The molecule has 1 saturated carbocycles. The van der Waals surface area contributed by atoms with Crippen LogP contribution in [0.2, 0.25) is 0 Å². The first-order valence-electron chi connectivity index (χ1n) is 10.6. The number of carbonyl (C=O) groups excluding carboxylic acids is 1. The Morgan fingerprint density at radius 3 is 2.31 bits per heavy atom. The van der Waals surface area contributed by atoms with Crippen molar-refractivity contribution in [2.24, 2.45) is 0 Å². The lowest BCUT2D eigenvalue weighted by atomic mass is 9.95. The van der Waals surface area contributed by atoms with Gasteiger partial charge in [0, 0.05) is 17.1 Å². The molecule has 0 bridgehead atoms. The Balaban J connectivity index is 1.74. The maximum absolute atomic E-state index is 13.4. The molecule has 174 valence electrons. The number of methoxy groups -OCH3 is 2. The number of amides is 1. The molecule has 0 aromatic heterocycles. The molecule has 3 rings (SSSR count). The van der Waals surface area contributed by atoms with Crippen molar-refractivity contribution >= 4 is 31.9 Å². The van der Waals surface area contributed by atoms with Crippen LogP contribution in [0.25, 0.3) is 0 Å². The summed E-state index contributed by atoms with van der Waals surface area (Å²) in [5.74, 6) is 0.832. The van der Waals surface area contributed by atoms with Crippen LogP contribution < -0.4 is 14.8 Å². The van der Waals surface area contributed by atoms with Crippen LogP contribution in [-0.2, 0) is 21.4 Å². The molecule has 0 spiro atoms. The Hall–Kier alpha value is -2.10. The number of ether oxygens (including phenoxy) is 2. The standard InChI is InChI=1S/C23H29BrN2O5S/c1-30-21-13-8-17(14-22(21)31-2)15-25-23(27)16-26(19-6-4-3-5-7-19)32(28,29)20-11-9-18(24)10-12-20/h8-14,19H,3-7,15-16H2,1-2H3,(H,25,27). The molecule has 0 unspecified atom stereocenters. The lowest BCUT2D eigenvalue weighted by Crippen LogP contribution is -2.46. The molecule has 1 N–H and O–H groups in total. The fraction of sp³-hybridized carbons (Fsp3) is 0.435. The highest BCUT2D eigenvalue weighted by Gasteiger charge is 2.33. The van der Waals surface area contributed by atoms with Crippen LogP contribution >= 0.6 is 15.9 Å². The first-order valence-corrected chi connectivity index (χ1v) is 12.8. The van der Waals surface area contributed by atoms with Crippen LogP contribution in [0.3, 0.4) is 0 Å². The van der Waals surface area contributed by atoms with E-state index in [2.05, 4.69) is 21.2 Å². The third-order valence-corrected chi connectivity index (χ3v) is 8.08. The van der Waals surface area contributed by atoms with Crippen LogP contribution in [0, 0.1) is 0 Å². The Labute approximate surface area is 198 Å². The molecule has 0 heterocycles. The van der Waals surface area contributed by atoms with Gasteiger partial charge in [-0.15, -0.1) is 0 Å². The van der Waals surface area contributed by atoms with E-state index in [0.29, 0.717) is 11.5 Å². The van der Waals surface area contributed by atoms with Gasteiger partial charge in [0.1, 0.15) is 0 Å². The summed E-state index contributed by atoms with van der Waals surface area (Å²) < 4.78 is 39.5. The van der Waals surface area contributed by atoms with E-state index in [1.165, 1.54) is 4.31 Å². The average molecular weight is 525 g/mol. The molecule has 7 nitrogen and oxygen atoms in total. The molecule has 0 saturated heterocycles. The number of hydrogen-bond donors (Lipinski definition) is 1. The van der Waals surface area contributed by atoms with Crippen LogP contribution in [0.1, 0.15) is 37.7 Å². The van der Waals surface area contributed by atoms with E-state index < -0.39 is 10.0 Å². The zero-order valence-corrected chi connectivity index (χ0v) is 20.7. The SMILES string of the molecule is COc1ccc(CNC(=O)CN(C2CCCCC2)S(=O)(=O)c2ccc(Br)cc2)cc1OC. The van der Waals surface area contributed by atoms with Gasteiger partial charge < -0.3 is 14.8 Å². The second-order valence-corrected chi connectivity index (χ2v) is 10.6. The Bertz CT molecular complexity index is 1020. The Morgan fingerprint density at radius 1 is 1.03 bits per heavy atom.